The van der Waals surface area contributed by atoms with Crippen molar-refractivity contribution in [3.63, 3.8) is 0 Å². The number of nitrogens with two attached hydrogens (primary N) is 4. The van der Waals surface area contributed by atoms with E-state index < -0.39 is 111 Å². The molecular weight excluding hydrogens is 498 g/mol. The molecule has 3 heterocycles. The number of aliphatic hydroxyl groups is 6. The second-order valence-corrected chi connectivity index (χ2v) is 10.3. The Balaban J connectivity index is 1.43. The van der Waals surface area contributed by atoms with Crippen LogP contribution in [0.3, 0.4) is 0 Å². The number of hydrogen-bond acceptors (Lipinski definition) is 16. The molecule has 16 heteroatoms. The quantitative estimate of drug-likeness (QED) is 0.149. The van der Waals surface area contributed by atoms with Gasteiger partial charge in [-0.15, -0.1) is 0 Å². The lowest BCUT2D eigenvalue weighted by Crippen LogP contribution is -2.70. The lowest BCUT2D eigenvalue weighted by Gasteiger charge is -2.51. The Labute approximate surface area is 213 Å². The van der Waals surface area contributed by atoms with Crippen LogP contribution in [0, 0.1) is 0 Å². The summed E-state index contributed by atoms with van der Waals surface area (Å²) < 4.78 is 29.2. The normalized spacial score (nSPS) is 55.1. The topological polar surface area (TPSA) is 284 Å². The van der Waals surface area contributed by atoms with Gasteiger partial charge in [0.2, 0.25) is 0 Å². The summed E-state index contributed by atoms with van der Waals surface area (Å²) in [5, 5.41) is 64.7. The van der Waals surface area contributed by atoms with Crippen LogP contribution in [-0.4, -0.2) is 148 Å². The Kier molecular flexibility index (Phi) is 9.40. The molecule has 0 amide bonds. The zero-order valence-corrected chi connectivity index (χ0v) is 20.5. The summed E-state index contributed by atoms with van der Waals surface area (Å²) in [7, 11) is 1.55. The molecule has 4 rings (SSSR count). The molecular formula is C21H41N5O11. The van der Waals surface area contributed by atoms with E-state index in [-0.39, 0.29) is 12.8 Å². The van der Waals surface area contributed by atoms with Gasteiger partial charge >= 0.3 is 0 Å². The van der Waals surface area contributed by atoms with Crippen molar-refractivity contribution in [1.29, 1.82) is 0 Å². The molecule has 3 saturated heterocycles. The zero-order valence-electron chi connectivity index (χ0n) is 20.5. The smallest absolute Gasteiger partial charge is 0.189 e. The second kappa shape index (κ2) is 11.8. The maximum absolute atomic E-state index is 11.1. The summed E-state index contributed by atoms with van der Waals surface area (Å²) in [5.74, 6) is 0. The van der Waals surface area contributed by atoms with Crippen molar-refractivity contribution in [2.24, 2.45) is 22.9 Å². The third-order valence-electron chi connectivity index (χ3n) is 7.74. The minimum absolute atomic E-state index is 0.156. The summed E-state index contributed by atoms with van der Waals surface area (Å²) in [5.41, 5.74) is 24.0. The summed E-state index contributed by atoms with van der Waals surface area (Å²) >= 11 is 0. The Hall–Kier alpha value is -0.640. The molecule has 0 unspecified atom stereocenters. The molecule has 216 valence electrons. The first-order valence-corrected chi connectivity index (χ1v) is 12.5. The molecule has 3 aliphatic heterocycles. The van der Waals surface area contributed by atoms with E-state index in [4.69, 9.17) is 46.6 Å². The number of rotatable bonds is 6. The highest BCUT2D eigenvalue weighted by Gasteiger charge is 2.54. The minimum Gasteiger partial charge on any atom is -0.394 e. The molecule has 15 N–H and O–H groups in total. The average molecular weight is 540 g/mol. The molecule has 0 aromatic carbocycles. The summed E-state index contributed by atoms with van der Waals surface area (Å²) in [4.78, 5) is 0. The third-order valence-corrected chi connectivity index (χ3v) is 7.74. The van der Waals surface area contributed by atoms with Crippen molar-refractivity contribution in [3.05, 3.63) is 0 Å². The minimum atomic E-state index is -1.54. The van der Waals surface area contributed by atoms with Crippen molar-refractivity contribution < 1.29 is 54.3 Å². The largest absolute Gasteiger partial charge is 0.394 e. The Morgan fingerprint density at radius 1 is 0.730 bits per heavy atom. The van der Waals surface area contributed by atoms with Crippen LogP contribution in [0.5, 0.6) is 0 Å². The lowest BCUT2D eigenvalue weighted by atomic mass is 9.84. The van der Waals surface area contributed by atoms with Crippen molar-refractivity contribution in [2.75, 3.05) is 13.7 Å². The highest BCUT2D eigenvalue weighted by molar-refractivity contribution is 5.01. The van der Waals surface area contributed by atoms with E-state index in [0.29, 0.717) is 0 Å². The fraction of sp³-hybridized carbons (Fsp3) is 1.00. The number of likely N-dealkylation sites (N-methyl/N-ethyl adjacent to an activating group) is 1. The van der Waals surface area contributed by atoms with E-state index in [1.165, 1.54) is 0 Å². The van der Waals surface area contributed by atoms with E-state index in [1.54, 1.807) is 7.05 Å². The number of hydrogen-bond donors (Lipinski definition) is 11. The molecule has 4 aliphatic rings. The molecule has 16 nitrogen and oxygen atoms in total. The Bertz CT molecular complexity index is 756. The predicted octanol–water partition coefficient (Wildman–Crippen LogP) is -6.95. The summed E-state index contributed by atoms with van der Waals surface area (Å²) in [6, 6.07) is -4.05. The van der Waals surface area contributed by atoms with E-state index >= 15 is 0 Å². The summed E-state index contributed by atoms with van der Waals surface area (Å²) in [6.07, 6.45) is -13.7. The molecule has 1 aliphatic carbocycles. The maximum Gasteiger partial charge on any atom is 0.189 e. The van der Waals surface area contributed by atoms with Crippen LogP contribution in [-0.2, 0) is 23.7 Å². The average Bonchev–Trinajstić information content (AvgIpc) is 2.86. The molecule has 1 saturated carbocycles. The monoisotopic (exact) mass is 539 g/mol. The lowest BCUT2D eigenvalue weighted by molar-refractivity contribution is -0.373. The van der Waals surface area contributed by atoms with Gasteiger partial charge in [-0.1, -0.05) is 0 Å². The first kappa shape index (κ1) is 29.3. The van der Waals surface area contributed by atoms with E-state index in [2.05, 4.69) is 5.32 Å². The first-order chi connectivity index (χ1) is 17.5. The van der Waals surface area contributed by atoms with Crippen LogP contribution in [0.15, 0.2) is 0 Å². The van der Waals surface area contributed by atoms with Crippen molar-refractivity contribution in [1.82, 2.24) is 5.32 Å². The van der Waals surface area contributed by atoms with Crippen molar-refractivity contribution >= 4 is 0 Å². The number of ether oxygens (including phenoxy) is 5. The standard InChI is InChI=1S/C21H41N5O11/c1-26-11-14(30)18-8(33-20(11)37-21-16(32)13(29)10(25)9(4-27)34-21)3-7(24)19(36-18)35-17-6(23)2-5(22)12(28)15(17)31/h5-21,26-32H,2-4,22-25H2,1H3/t5-,6-,7-,8-,9-,10-,11+,12-,13+,14-,15-,16+,17-,18-,19+,20-,21-/m1/s1. The van der Waals surface area contributed by atoms with Gasteiger partial charge in [0.25, 0.3) is 0 Å². The second-order valence-electron chi connectivity index (χ2n) is 10.3. The Morgan fingerprint density at radius 3 is 2.08 bits per heavy atom. The SMILES string of the molecule is CN[C@@H]1[C@@H](O[C@H]2O[C@H](CO)[C@@H](N)[C@H](O)[C@@H]2O)O[C@@H]2C[C@@H](N)[C@@H](O[C@H]3[C@H](O)[C@H](O)[C@H](N)C[C@H]3N)O[C@H]2[C@@H]1O. The maximum atomic E-state index is 11.1. The predicted molar refractivity (Wildman–Crippen MR) is 123 cm³/mol. The Morgan fingerprint density at radius 2 is 1.43 bits per heavy atom. The van der Waals surface area contributed by atoms with E-state index in [0.717, 1.165) is 0 Å². The van der Waals surface area contributed by atoms with Gasteiger partial charge in [0.15, 0.2) is 18.9 Å². The van der Waals surface area contributed by atoms with Gasteiger partial charge in [-0.2, -0.15) is 0 Å². The molecule has 0 aromatic heterocycles. The first-order valence-electron chi connectivity index (χ1n) is 12.5. The van der Waals surface area contributed by atoms with E-state index in [1.807, 2.05) is 0 Å². The fourth-order valence-electron chi connectivity index (χ4n) is 5.46. The van der Waals surface area contributed by atoms with Gasteiger partial charge < -0.3 is 82.6 Å². The highest BCUT2D eigenvalue weighted by Crippen LogP contribution is 2.35. The zero-order chi connectivity index (χ0) is 27.2. The van der Waals surface area contributed by atoms with E-state index in [9.17, 15) is 30.6 Å². The van der Waals surface area contributed by atoms with Gasteiger partial charge in [0, 0.05) is 12.1 Å². The van der Waals surface area contributed by atoms with Crippen LogP contribution in [0.2, 0.25) is 0 Å². The molecule has 17 atom stereocenters. The van der Waals surface area contributed by atoms with Crippen LogP contribution in [0.25, 0.3) is 0 Å². The number of fused-ring (bicyclic) bond motifs is 1. The van der Waals surface area contributed by atoms with Crippen LogP contribution >= 0.6 is 0 Å². The molecule has 0 radical (unpaired) electrons. The van der Waals surface area contributed by atoms with Gasteiger partial charge in [-0.05, 0) is 19.9 Å². The van der Waals surface area contributed by atoms with Crippen molar-refractivity contribution in [2.45, 2.75) is 117 Å². The third kappa shape index (κ3) is 5.66. The fourth-order valence-corrected chi connectivity index (χ4v) is 5.46. The number of aliphatic hydroxyl groups excluding tert-OH is 6. The van der Waals surface area contributed by atoms with Crippen molar-refractivity contribution in [3.8, 4) is 0 Å². The van der Waals surface area contributed by atoms with Gasteiger partial charge in [0.05, 0.1) is 36.9 Å². The highest BCUT2D eigenvalue weighted by atomic mass is 16.8. The van der Waals surface area contributed by atoms with Gasteiger partial charge in [0.1, 0.15) is 42.7 Å². The molecule has 0 bridgehead atoms. The van der Waals surface area contributed by atoms with Crippen LogP contribution in [0.4, 0.5) is 0 Å². The summed E-state index contributed by atoms with van der Waals surface area (Å²) in [6.45, 7) is -0.508. The molecule has 0 aromatic rings. The molecule has 4 fully saturated rings. The molecule has 0 spiro atoms. The van der Waals surface area contributed by atoms with Gasteiger partial charge in [-0.25, -0.2) is 0 Å². The van der Waals surface area contributed by atoms with Crippen LogP contribution in [0.1, 0.15) is 12.8 Å². The molecule has 37 heavy (non-hydrogen) atoms. The van der Waals surface area contributed by atoms with Gasteiger partial charge in [-0.3, -0.25) is 0 Å². The number of nitrogens with one attached hydrogen (secondary N) is 1. The van der Waals surface area contributed by atoms with Crippen LogP contribution < -0.4 is 28.3 Å².